The van der Waals surface area contributed by atoms with Crippen LogP contribution in [0.5, 0.6) is 0 Å². The second-order valence-electron chi connectivity index (χ2n) is 5.02. The molecule has 1 atom stereocenters. The van der Waals surface area contributed by atoms with E-state index in [9.17, 15) is 0 Å². The van der Waals surface area contributed by atoms with Crippen LogP contribution in [0.3, 0.4) is 0 Å². The first-order valence-corrected chi connectivity index (χ1v) is 6.96. The van der Waals surface area contributed by atoms with Gasteiger partial charge >= 0.3 is 0 Å². The molecule has 0 spiro atoms. The Kier molecular flexibility index (Phi) is 3.75. The molecular weight excluding hydrogens is 230 g/mol. The molecule has 0 unspecified atom stereocenters. The van der Waals surface area contributed by atoms with E-state index in [0.29, 0.717) is 6.04 Å². The molecule has 1 aliphatic carbocycles. The monoisotopic (exact) mass is 249 g/mol. The zero-order valence-electron chi connectivity index (χ0n) is 11.0. The molecule has 1 N–H and O–H groups in total. The maximum absolute atomic E-state index is 3.68. The Labute approximate surface area is 115 Å². The first-order valence-electron chi connectivity index (χ1n) is 6.96. The fourth-order valence-corrected chi connectivity index (χ4v) is 2.70. The summed E-state index contributed by atoms with van der Waals surface area (Å²) in [5.41, 5.74) is 4.16. The van der Waals surface area contributed by atoms with Crippen molar-refractivity contribution in [3.63, 3.8) is 0 Å². The molecule has 0 aliphatic heterocycles. The number of hydrogen-bond acceptors (Lipinski definition) is 1. The van der Waals surface area contributed by atoms with E-state index in [1.54, 1.807) is 0 Å². The van der Waals surface area contributed by atoms with Gasteiger partial charge in [0.25, 0.3) is 0 Å². The molecule has 0 saturated carbocycles. The normalized spacial score (nSPS) is 18.3. The van der Waals surface area contributed by atoms with Gasteiger partial charge in [0.05, 0.1) is 0 Å². The van der Waals surface area contributed by atoms with Gasteiger partial charge in [-0.3, -0.25) is 0 Å². The molecule has 1 heteroatoms. The Morgan fingerprint density at radius 1 is 0.895 bits per heavy atom. The lowest BCUT2D eigenvalue weighted by atomic mass is 10.0. The molecule has 1 aliphatic rings. The summed E-state index contributed by atoms with van der Waals surface area (Å²) in [4.78, 5) is 0. The van der Waals surface area contributed by atoms with Crippen molar-refractivity contribution in [3.8, 4) is 0 Å². The second-order valence-corrected chi connectivity index (χ2v) is 5.02. The van der Waals surface area contributed by atoms with Crippen LogP contribution in [0.4, 0.5) is 0 Å². The zero-order valence-corrected chi connectivity index (χ0v) is 11.0. The number of hydrogen-bond donors (Lipinski definition) is 1. The maximum atomic E-state index is 3.68. The molecule has 2 aromatic carbocycles. The lowest BCUT2D eigenvalue weighted by Crippen LogP contribution is -2.27. The van der Waals surface area contributed by atoms with Gasteiger partial charge in [0.15, 0.2) is 0 Å². The minimum atomic E-state index is 0.489. The second kappa shape index (κ2) is 5.85. The molecule has 0 amide bonds. The molecular formula is C18H19N. The molecule has 0 radical (unpaired) electrons. The lowest BCUT2D eigenvalue weighted by Gasteiger charge is -2.17. The molecule has 19 heavy (non-hydrogen) atoms. The molecule has 0 saturated heterocycles. The summed E-state index contributed by atoms with van der Waals surface area (Å²) >= 11 is 0. The van der Waals surface area contributed by atoms with Crippen LogP contribution >= 0.6 is 0 Å². The van der Waals surface area contributed by atoms with Crippen molar-refractivity contribution in [3.05, 3.63) is 77.9 Å². The standard InChI is InChI=1S/C18H19N/c1-3-8-15(9-4-1)14-19-18-13-7-12-17(18)16-10-5-2-6-11-16/h1-6,8-12,18-19H,7,13-14H2/t18-/m0/s1. The number of allylic oxidation sites excluding steroid dienone is 1. The lowest BCUT2D eigenvalue weighted by molar-refractivity contribution is 0.591. The van der Waals surface area contributed by atoms with Gasteiger partial charge in [0, 0.05) is 12.6 Å². The highest BCUT2D eigenvalue weighted by Gasteiger charge is 2.19. The van der Waals surface area contributed by atoms with Crippen LogP contribution in [-0.2, 0) is 6.54 Å². The number of benzene rings is 2. The quantitative estimate of drug-likeness (QED) is 0.863. The van der Waals surface area contributed by atoms with Gasteiger partial charge in [-0.25, -0.2) is 0 Å². The topological polar surface area (TPSA) is 12.0 Å². The van der Waals surface area contributed by atoms with Crippen molar-refractivity contribution in [1.29, 1.82) is 0 Å². The van der Waals surface area contributed by atoms with E-state index >= 15 is 0 Å². The van der Waals surface area contributed by atoms with E-state index in [1.807, 2.05) is 0 Å². The summed E-state index contributed by atoms with van der Waals surface area (Å²) in [6.07, 6.45) is 4.76. The van der Waals surface area contributed by atoms with Crippen LogP contribution in [0.25, 0.3) is 5.57 Å². The zero-order chi connectivity index (χ0) is 12.9. The van der Waals surface area contributed by atoms with Gasteiger partial charge < -0.3 is 5.32 Å². The highest BCUT2D eigenvalue weighted by molar-refractivity contribution is 5.71. The van der Waals surface area contributed by atoms with E-state index in [0.717, 1.165) is 6.54 Å². The minimum Gasteiger partial charge on any atom is -0.306 e. The van der Waals surface area contributed by atoms with Crippen molar-refractivity contribution in [2.45, 2.75) is 25.4 Å². The molecule has 0 fully saturated rings. The van der Waals surface area contributed by atoms with Crippen LogP contribution in [0.1, 0.15) is 24.0 Å². The van der Waals surface area contributed by atoms with Crippen molar-refractivity contribution < 1.29 is 0 Å². The van der Waals surface area contributed by atoms with Crippen LogP contribution in [0.15, 0.2) is 66.7 Å². The van der Waals surface area contributed by atoms with E-state index in [1.165, 1.54) is 29.5 Å². The van der Waals surface area contributed by atoms with Gasteiger partial charge in [-0.05, 0) is 29.5 Å². The predicted octanol–water partition coefficient (Wildman–Crippen LogP) is 4.02. The fourth-order valence-electron chi connectivity index (χ4n) is 2.70. The predicted molar refractivity (Wildman–Crippen MR) is 80.7 cm³/mol. The van der Waals surface area contributed by atoms with Crippen molar-refractivity contribution in [2.24, 2.45) is 0 Å². The molecule has 96 valence electrons. The summed E-state index contributed by atoms with van der Waals surface area (Å²) in [6, 6.07) is 21.8. The van der Waals surface area contributed by atoms with Crippen molar-refractivity contribution in [1.82, 2.24) is 5.32 Å². The van der Waals surface area contributed by atoms with Gasteiger partial charge in [0.2, 0.25) is 0 Å². The number of nitrogens with one attached hydrogen (secondary N) is 1. The highest BCUT2D eigenvalue weighted by Crippen LogP contribution is 2.28. The van der Waals surface area contributed by atoms with Gasteiger partial charge in [0.1, 0.15) is 0 Å². The van der Waals surface area contributed by atoms with Crippen LogP contribution in [0, 0.1) is 0 Å². The van der Waals surface area contributed by atoms with Crippen LogP contribution in [0.2, 0.25) is 0 Å². The summed E-state index contributed by atoms with van der Waals surface area (Å²) < 4.78 is 0. The third-order valence-corrected chi connectivity index (χ3v) is 3.70. The molecule has 3 rings (SSSR count). The van der Waals surface area contributed by atoms with E-state index in [2.05, 4.69) is 72.1 Å². The Morgan fingerprint density at radius 3 is 2.32 bits per heavy atom. The third kappa shape index (κ3) is 2.94. The molecule has 0 bridgehead atoms. The average molecular weight is 249 g/mol. The maximum Gasteiger partial charge on any atom is 0.0328 e. The SMILES string of the molecule is C1=C(c2ccccc2)[C@@H](NCc2ccccc2)CC1. The van der Waals surface area contributed by atoms with Gasteiger partial charge in [-0.2, -0.15) is 0 Å². The van der Waals surface area contributed by atoms with Crippen LogP contribution < -0.4 is 5.32 Å². The smallest absolute Gasteiger partial charge is 0.0328 e. The van der Waals surface area contributed by atoms with E-state index in [4.69, 9.17) is 0 Å². The van der Waals surface area contributed by atoms with Gasteiger partial charge in [-0.15, -0.1) is 0 Å². The van der Waals surface area contributed by atoms with Crippen molar-refractivity contribution >= 4 is 5.57 Å². The van der Waals surface area contributed by atoms with Gasteiger partial charge in [-0.1, -0.05) is 66.7 Å². The van der Waals surface area contributed by atoms with E-state index < -0.39 is 0 Å². The Balaban J connectivity index is 1.67. The first-order chi connectivity index (χ1) is 9.43. The minimum absolute atomic E-state index is 0.489. The average Bonchev–Trinajstić information content (AvgIpc) is 2.95. The summed E-state index contributed by atoms with van der Waals surface area (Å²) in [6.45, 7) is 0.940. The van der Waals surface area contributed by atoms with Crippen molar-refractivity contribution in [2.75, 3.05) is 0 Å². The first kappa shape index (κ1) is 12.2. The fraction of sp³-hybridized carbons (Fsp3) is 0.222. The summed E-state index contributed by atoms with van der Waals surface area (Å²) in [5.74, 6) is 0. The summed E-state index contributed by atoms with van der Waals surface area (Å²) in [7, 11) is 0. The number of rotatable bonds is 4. The largest absolute Gasteiger partial charge is 0.306 e. The molecule has 1 nitrogen and oxygen atoms in total. The molecule has 0 aromatic heterocycles. The molecule has 2 aromatic rings. The Bertz CT molecular complexity index is 542. The highest BCUT2D eigenvalue weighted by atomic mass is 14.9. The third-order valence-electron chi connectivity index (χ3n) is 3.70. The van der Waals surface area contributed by atoms with E-state index in [-0.39, 0.29) is 0 Å². The van der Waals surface area contributed by atoms with Crippen LogP contribution in [-0.4, -0.2) is 6.04 Å². The Hall–Kier alpha value is -1.86. The summed E-state index contributed by atoms with van der Waals surface area (Å²) in [5, 5.41) is 3.68. The Morgan fingerprint density at radius 2 is 1.58 bits per heavy atom. The molecule has 0 heterocycles.